The molecule has 6 heteroatoms. The van der Waals surface area contributed by atoms with Gasteiger partial charge in [-0.1, -0.05) is 23.7 Å². The topological polar surface area (TPSA) is 38.1 Å². The highest BCUT2D eigenvalue weighted by Gasteiger charge is 2.15. The summed E-state index contributed by atoms with van der Waals surface area (Å²) in [5.74, 6) is 0. The molecule has 0 saturated carbocycles. The van der Waals surface area contributed by atoms with Gasteiger partial charge in [-0.25, -0.2) is 4.98 Å². The summed E-state index contributed by atoms with van der Waals surface area (Å²) in [5.41, 5.74) is 2.45. The molecule has 0 saturated heterocycles. The van der Waals surface area contributed by atoms with Crippen LogP contribution in [0.4, 0.5) is 0 Å². The van der Waals surface area contributed by atoms with Crippen LogP contribution in [0.25, 0.3) is 31.7 Å². The first-order valence-corrected chi connectivity index (χ1v) is 10.1. The summed E-state index contributed by atoms with van der Waals surface area (Å²) in [6.45, 7) is 1.81. The number of thiazole rings is 1. The van der Waals surface area contributed by atoms with Crippen LogP contribution in [0.1, 0.15) is 6.42 Å². The van der Waals surface area contributed by atoms with Crippen molar-refractivity contribution < 1.29 is 0 Å². The summed E-state index contributed by atoms with van der Waals surface area (Å²) in [7, 11) is 4.13. The number of aromatic nitrogens is 2. The van der Waals surface area contributed by atoms with Crippen molar-refractivity contribution in [1.82, 2.24) is 14.5 Å². The number of fused-ring (bicyclic) bond motifs is 2. The van der Waals surface area contributed by atoms with E-state index in [-0.39, 0.29) is 5.43 Å². The van der Waals surface area contributed by atoms with Crippen LogP contribution in [0.2, 0.25) is 5.02 Å². The van der Waals surface area contributed by atoms with E-state index in [2.05, 4.69) is 28.5 Å². The highest BCUT2D eigenvalue weighted by molar-refractivity contribution is 7.21. The molecule has 0 aliphatic rings. The molecule has 0 aliphatic carbocycles. The second kappa shape index (κ2) is 7.43. The summed E-state index contributed by atoms with van der Waals surface area (Å²) >= 11 is 7.73. The van der Waals surface area contributed by atoms with Crippen molar-refractivity contribution in [1.29, 1.82) is 0 Å². The molecule has 0 atom stereocenters. The van der Waals surface area contributed by atoms with Gasteiger partial charge in [0.15, 0.2) is 5.43 Å². The molecule has 2 aromatic carbocycles. The summed E-state index contributed by atoms with van der Waals surface area (Å²) in [6, 6.07) is 13.5. The Balaban J connectivity index is 1.89. The van der Waals surface area contributed by atoms with Crippen molar-refractivity contribution in [3.8, 4) is 10.6 Å². The molecule has 0 spiro atoms. The van der Waals surface area contributed by atoms with Gasteiger partial charge in [0.05, 0.1) is 21.3 Å². The summed E-state index contributed by atoms with van der Waals surface area (Å²) in [4.78, 5) is 20.0. The number of aryl methyl sites for hydroxylation is 1. The van der Waals surface area contributed by atoms with Gasteiger partial charge in [-0.05, 0) is 57.4 Å². The van der Waals surface area contributed by atoms with Crippen LogP contribution in [-0.4, -0.2) is 35.1 Å². The first-order valence-electron chi connectivity index (χ1n) is 8.86. The largest absolute Gasteiger partial charge is 0.346 e. The average molecular weight is 398 g/mol. The lowest BCUT2D eigenvalue weighted by Gasteiger charge is -2.15. The normalized spacial score (nSPS) is 11.7. The molecule has 0 fully saturated rings. The summed E-state index contributed by atoms with van der Waals surface area (Å²) < 4.78 is 3.23. The summed E-state index contributed by atoms with van der Waals surface area (Å²) in [6.07, 6.45) is 2.94. The first-order chi connectivity index (χ1) is 13.0. The molecule has 2 aromatic heterocycles. The predicted molar refractivity (Wildman–Crippen MR) is 115 cm³/mol. The molecule has 2 heterocycles. The third kappa shape index (κ3) is 3.63. The Labute approximate surface area is 166 Å². The van der Waals surface area contributed by atoms with Crippen LogP contribution in [0.5, 0.6) is 0 Å². The second-order valence-electron chi connectivity index (χ2n) is 6.87. The minimum absolute atomic E-state index is 0.0181. The highest BCUT2D eigenvalue weighted by atomic mass is 35.5. The number of halogens is 1. The predicted octanol–water partition coefficient (Wildman–Crippen LogP) is 4.88. The van der Waals surface area contributed by atoms with E-state index in [1.165, 1.54) is 0 Å². The monoisotopic (exact) mass is 397 g/mol. The Morgan fingerprint density at radius 3 is 2.78 bits per heavy atom. The number of benzene rings is 2. The zero-order chi connectivity index (χ0) is 19.0. The van der Waals surface area contributed by atoms with E-state index in [4.69, 9.17) is 11.6 Å². The molecule has 4 nitrogen and oxygen atoms in total. The van der Waals surface area contributed by atoms with E-state index in [0.29, 0.717) is 16.0 Å². The van der Waals surface area contributed by atoms with Crippen LogP contribution in [0.15, 0.2) is 53.5 Å². The summed E-state index contributed by atoms with van der Waals surface area (Å²) in [5, 5.41) is 1.97. The van der Waals surface area contributed by atoms with E-state index >= 15 is 0 Å². The van der Waals surface area contributed by atoms with Gasteiger partial charge in [-0.3, -0.25) is 4.79 Å². The van der Waals surface area contributed by atoms with E-state index in [0.717, 1.165) is 40.3 Å². The Morgan fingerprint density at radius 1 is 1.19 bits per heavy atom. The van der Waals surface area contributed by atoms with Crippen molar-refractivity contribution in [2.24, 2.45) is 0 Å². The molecule has 4 rings (SSSR count). The number of para-hydroxylation sites is 1. The van der Waals surface area contributed by atoms with Gasteiger partial charge in [-0.2, -0.15) is 0 Å². The van der Waals surface area contributed by atoms with Gasteiger partial charge in [0, 0.05) is 23.2 Å². The second-order valence-corrected chi connectivity index (χ2v) is 8.34. The maximum atomic E-state index is 13.2. The van der Waals surface area contributed by atoms with Crippen LogP contribution in [-0.2, 0) is 6.54 Å². The zero-order valence-corrected chi connectivity index (χ0v) is 16.8. The fourth-order valence-electron chi connectivity index (χ4n) is 3.25. The third-order valence-electron chi connectivity index (χ3n) is 4.57. The van der Waals surface area contributed by atoms with Crippen LogP contribution >= 0.6 is 22.9 Å². The number of nitrogens with zero attached hydrogens (tertiary/aromatic N) is 3. The van der Waals surface area contributed by atoms with Crippen LogP contribution in [0.3, 0.4) is 0 Å². The lowest BCUT2D eigenvalue weighted by molar-refractivity contribution is 0.388. The van der Waals surface area contributed by atoms with Gasteiger partial charge in [0.1, 0.15) is 5.01 Å². The van der Waals surface area contributed by atoms with Crippen molar-refractivity contribution in [3.63, 3.8) is 0 Å². The minimum atomic E-state index is -0.0181. The van der Waals surface area contributed by atoms with Crippen LogP contribution in [0, 0.1) is 0 Å². The van der Waals surface area contributed by atoms with E-state index in [1.807, 2.05) is 42.6 Å². The van der Waals surface area contributed by atoms with Crippen molar-refractivity contribution in [3.05, 3.63) is 63.9 Å². The molecule has 0 unspecified atom stereocenters. The van der Waals surface area contributed by atoms with E-state index in [9.17, 15) is 4.79 Å². The number of hydrogen-bond donors (Lipinski definition) is 0. The van der Waals surface area contributed by atoms with Crippen molar-refractivity contribution in [2.75, 3.05) is 20.6 Å². The smallest absolute Gasteiger partial charge is 0.199 e. The number of pyridine rings is 1. The molecule has 0 radical (unpaired) electrons. The van der Waals surface area contributed by atoms with Crippen LogP contribution < -0.4 is 5.43 Å². The average Bonchev–Trinajstić information content (AvgIpc) is 3.07. The lowest BCUT2D eigenvalue weighted by atomic mass is 10.1. The standard InChI is InChI=1S/C21H20ClN3OS/c1-24(2)10-5-11-25-13-16(20(26)15-12-14(22)8-9-18(15)25)21-23-17-6-3-4-7-19(17)27-21/h3-4,6-9,12-13H,5,10-11H2,1-2H3. The van der Waals surface area contributed by atoms with E-state index < -0.39 is 0 Å². The Morgan fingerprint density at radius 2 is 2.00 bits per heavy atom. The quantitative estimate of drug-likeness (QED) is 0.481. The zero-order valence-electron chi connectivity index (χ0n) is 15.3. The lowest BCUT2D eigenvalue weighted by Crippen LogP contribution is -2.17. The first kappa shape index (κ1) is 18.2. The molecule has 4 aromatic rings. The molecular formula is C21H20ClN3OS. The maximum absolute atomic E-state index is 13.2. The Bertz CT molecular complexity index is 1150. The van der Waals surface area contributed by atoms with Gasteiger partial charge in [0.2, 0.25) is 0 Å². The van der Waals surface area contributed by atoms with Gasteiger partial charge in [-0.15, -0.1) is 11.3 Å². The molecule has 0 N–H and O–H groups in total. The molecule has 0 bridgehead atoms. The van der Waals surface area contributed by atoms with E-state index in [1.54, 1.807) is 17.4 Å². The maximum Gasteiger partial charge on any atom is 0.199 e. The fourth-order valence-corrected chi connectivity index (χ4v) is 4.40. The molecule has 0 aliphatic heterocycles. The van der Waals surface area contributed by atoms with Gasteiger partial charge < -0.3 is 9.47 Å². The fraction of sp³-hybridized carbons (Fsp3) is 0.238. The van der Waals surface area contributed by atoms with Crippen molar-refractivity contribution in [2.45, 2.75) is 13.0 Å². The highest BCUT2D eigenvalue weighted by Crippen LogP contribution is 2.30. The molecule has 27 heavy (non-hydrogen) atoms. The van der Waals surface area contributed by atoms with Gasteiger partial charge >= 0.3 is 0 Å². The minimum Gasteiger partial charge on any atom is -0.346 e. The Hall–Kier alpha value is -2.21. The molecule has 138 valence electrons. The Kier molecular flexibility index (Phi) is 5.00. The number of hydrogen-bond acceptors (Lipinski definition) is 4. The van der Waals surface area contributed by atoms with Crippen molar-refractivity contribution >= 4 is 44.1 Å². The molecule has 0 amide bonds. The third-order valence-corrected chi connectivity index (χ3v) is 5.88. The SMILES string of the molecule is CN(C)CCCn1cc(-c2nc3ccccc3s2)c(=O)c2cc(Cl)ccc21. The molecular weight excluding hydrogens is 378 g/mol. The van der Waals surface area contributed by atoms with Gasteiger partial charge in [0.25, 0.3) is 0 Å². The number of rotatable bonds is 5.